The Bertz CT molecular complexity index is 432. The smallest absolute Gasteiger partial charge is 0.394 e. The zero-order valence-electron chi connectivity index (χ0n) is 10.9. The summed E-state index contributed by atoms with van der Waals surface area (Å²) in [6.45, 7) is 2.01. The second kappa shape index (κ2) is 8.25. The van der Waals surface area contributed by atoms with Crippen molar-refractivity contribution in [3.63, 3.8) is 0 Å². The fraction of sp³-hybridized carbons (Fsp3) is 0.455. The van der Waals surface area contributed by atoms with Crippen LogP contribution in [0.4, 0.5) is 13.2 Å². The molecule has 0 bridgehead atoms. The van der Waals surface area contributed by atoms with Crippen molar-refractivity contribution in [2.24, 2.45) is 0 Å². The number of aliphatic hydroxyl groups is 1. The van der Waals surface area contributed by atoms with Crippen LogP contribution >= 0.6 is 22.6 Å². The van der Waals surface area contributed by atoms with Crippen molar-refractivity contribution in [1.29, 1.82) is 10.8 Å². The predicted molar refractivity (Wildman–Crippen MR) is 80.4 cm³/mol. The summed E-state index contributed by atoms with van der Waals surface area (Å²) in [5, 5.41) is 29.7. The molecule has 0 spiro atoms. The molecule has 0 rings (SSSR count). The number of hydrogen-bond acceptors (Lipinski definition) is 5. The maximum Gasteiger partial charge on any atom is 0.433 e. The van der Waals surface area contributed by atoms with E-state index in [0.717, 1.165) is 6.20 Å². The molecule has 5 N–H and O–H groups in total. The van der Waals surface area contributed by atoms with E-state index in [1.165, 1.54) is 13.2 Å². The average Bonchev–Trinajstić information content (AvgIpc) is 2.34. The van der Waals surface area contributed by atoms with Gasteiger partial charge in [0.15, 0.2) is 0 Å². The van der Waals surface area contributed by atoms with Crippen LogP contribution in [0.1, 0.15) is 6.92 Å². The molecular weight excluding hydrogens is 388 g/mol. The minimum Gasteiger partial charge on any atom is -0.394 e. The molecule has 0 amide bonds. The number of halogens is 4. The van der Waals surface area contributed by atoms with Crippen LogP contribution in [-0.2, 0) is 0 Å². The summed E-state index contributed by atoms with van der Waals surface area (Å²) in [4.78, 5) is 0. The highest BCUT2D eigenvalue weighted by Gasteiger charge is 2.39. The Morgan fingerprint density at radius 1 is 1.30 bits per heavy atom. The molecule has 0 aromatic rings. The fourth-order valence-corrected chi connectivity index (χ4v) is 1.70. The highest BCUT2D eigenvalue weighted by Crippen LogP contribution is 2.26. The molecular formula is C11H16F3IN4O. The first-order valence-electron chi connectivity index (χ1n) is 5.56. The van der Waals surface area contributed by atoms with Crippen LogP contribution < -0.4 is 10.6 Å². The van der Waals surface area contributed by atoms with Crippen molar-refractivity contribution in [2.45, 2.75) is 19.2 Å². The van der Waals surface area contributed by atoms with Crippen molar-refractivity contribution in [2.75, 3.05) is 13.6 Å². The first kappa shape index (κ1) is 18.9. The van der Waals surface area contributed by atoms with Gasteiger partial charge in [-0.05, 0) is 29.5 Å². The molecule has 0 fully saturated rings. The van der Waals surface area contributed by atoms with Crippen molar-refractivity contribution < 1.29 is 18.3 Å². The maximum atomic E-state index is 12.6. The normalized spacial score (nSPS) is 14.8. The molecule has 1 atom stereocenters. The van der Waals surface area contributed by atoms with Gasteiger partial charge >= 0.3 is 6.18 Å². The molecule has 9 heteroatoms. The van der Waals surface area contributed by atoms with Gasteiger partial charge in [-0.2, -0.15) is 13.2 Å². The first-order chi connectivity index (χ1) is 9.16. The third-order valence-corrected chi connectivity index (χ3v) is 2.80. The van der Waals surface area contributed by atoms with Crippen LogP contribution in [0.2, 0.25) is 0 Å². The zero-order chi connectivity index (χ0) is 15.9. The second-order valence-corrected chi connectivity index (χ2v) is 4.71. The average molecular weight is 404 g/mol. The summed E-state index contributed by atoms with van der Waals surface area (Å²) < 4.78 is 37.8. The highest BCUT2D eigenvalue weighted by molar-refractivity contribution is 14.1. The molecule has 0 aliphatic heterocycles. The number of aliphatic hydroxyl groups excluding tert-OH is 1. The van der Waals surface area contributed by atoms with Crippen molar-refractivity contribution in [3.05, 3.63) is 23.5 Å². The van der Waals surface area contributed by atoms with Gasteiger partial charge in [-0.15, -0.1) is 0 Å². The zero-order valence-corrected chi connectivity index (χ0v) is 13.1. The number of nitrogens with one attached hydrogen (secondary N) is 4. The Morgan fingerprint density at radius 3 is 2.20 bits per heavy atom. The van der Waals surface area contributed by atoms with E-state index in [-0.39, 0.29) is 9.29 Å². The molecule has 0 saturated carbocycles. The van der Waals surface area contributed by atoms with Gasteiger partial charge in [0, 0.05) is 37.1 Å². The fourth-order valence-electron chi connectivity index (χ4n) is 1.25. The van der Waals surface area contributed by atoms with Crippen LogP contribution in [0.3, 0.4) is 0 Å². The largest absolute Gasteiger partial charge is 0.433 e. The van der Waals surface area contributed by atoms with Crippen molar-refractivity contribution in [3.8, 4) is 0 Å². The van der Waals surface area contributed by atoms with Crippen LogP contribution in [0.5, 0.6) is 0 Å². The molecule has 20 heavy (non-hydrogen) atoms. The molecule has 0 saturated heterocycles. The number of hydrogen-bond donors (Lipinski definition) is 5. The van der Waals surface area contributed by atoms with E-state index in [1.807, 2.05) is 0 Å². The summed E-state index contributed by atoms with van der Waals surface area (Å²) in [7, 11) is 1.50. The molecule has 114 valence electrons. The van der Waals surface area contributed by atoms with Crippen molar-refractivity contribution in [1.82, 2.24) is 10.6 Å². The van der Waals surface area contributed by atoms with E-state index in [2.05, 4.69) is 10.6 Å². The van der Waals surface area contributed by atoms with E-state index in [0.29, 0.717) is 6.54 Å². The predicted octanol–water partition coefficient (Wildman–Crippen LogP) is 1.94. The van der Waals surface area contributed by atoms with Gasteiger partial charge in [0.1, 0.15) is 11.8 Å². The van der Waals surface area contributed by atoms with E-state index in [1.54, 1.807) is 29.5 Å². The molecule has 0 heterocycles. The minimum absolute atomic E-state index is 0.0498. The minimum atomic E-state index is -4.87. The number of rotatable bonds is 7. The Balaban J connectivity index is 5.60. The van der Waals surface area contributed by atoms with Crippen LogP contribution in [0.25, 0.3) is 0 Å². The molecule has 0 aliphatic carbocycles. The van der Waals surface area contributed by atoms with Crippen LogP contribution in [-0.4, -0.2) is 40.4 Å². The quantitative estimate of drug-likeness (QED) is 0.332. The third kappa shape index (κ3) is 5.49. The maximum absolute atomic E-state index is 12.6. The van der Waals surface area contributed by atoms with Gasteiger partial charge in [0.05, 0.1) is 3.72 Å². The molecule has 1 unspecified atom stereocenters. The third-order valence-electron chi connectivity index (χ3n) is 2.18. The van der Waals surface area contributed by atoms with E-state index in [4.69, 9.17) is 10.8 Å². The van der Waals surface area contributed by atoms with E-state index in [9.17, 15) is 18.3 Å². The van der Waals surface area contributed by atoms with Crippen molar-refractivity contribution >= 4 is 32.0 Å². The Morgan fingerprint density at radius 2 is 1.85 bits per heavy atom. The molecule has 5 nitrogen and oxygen atoms in total. The van der Waals surface area contributed by atoms with Gasteiger partial charge in [0.2, 0.25) is 0 Å². The number of alkyl halides is 3. The Labute approximate surface area is 128 Å². The topological polar surface area (TPSA) is 92.0 Å². The molecule has 0 aromatic heterocycles. The van der Waals surface area contributed by atoms with Gasteiger partial charge in [0.25, 0.3) is 0 Å². The van der Waals surface area contributed by atoms with E-state index >= 15 is 0 Å². The summed E-state index contributed by atoms with van der Waals surface area (Å²) in [6, 6.07) is 0. The first-order valence-corrected chi connectivity index (χ1v) is 6.64. The second-order valence-electron chi connectivity index (χ2n) is 3.63. The lowest BCUT2D eigenvalue weighted by Gasteiger charge is -2.20. The molecule has 0 aliphatic rings. The Hall–Kier alpha value is -1.10. The van der Waals surface area contributed by atoms with E-state index < -0.39 is 23.6 Å². The summed E-state index contributed by atoms with van der Waals surface area (Å²) in [5.74, 6) is 0. The Kier molecular flexibility index (Phi) is 7.79. The highest BCUT2D eigenvalue weighted by atomic mass is 127. The lowest BCUT2D eigenvalue weighted by molar-refractivity contribution is -0.0597. The summed E-state index contributed by atoms with van der Waals surface area (Å²) >= 11 is 1.57. The van der Waals surface area contributed by atoms with Gasteiger partial charge in [-0.3, -0.25) is 10.8 Å². The lowest BCUT2D eigenvalue weighted by Crippen LogP contribution is -2.33. The SMILES string of the molecule is CCN/C=C(\C(=N)C(F)(F)F)C(O)/C(=C/NC)C(=N)I. The summed E-state index contributed by atoms with van der Waals surface area (Å²) in [6.07, 6.45) is -4.42. The van der Waals surface area contributed by atoms with Crippen LogP contribution in [0, 0.1) is 10.8 Å². The standard InChI is InChI=1S/C11H16F3IN4O/c1-3-19-5-6(9(16)11(12,13)14)8(20)7(4-18-2)10(15)17/h4-5,8,16-20H,3H2,1-2H3/b6-5-,7-4-,16-9?,17-10?. The molecule has 0 radical (unpaired) electrons. The lowest BCUT2D eigenvalue weighted by atomic mass is 9.99. The van der Waals surface area contributed by atoms with Crippen LogP contribution in [0.15, 0.2) is 23.5 Å². The summed E-state index contributed by atoms with van der Waals surface area (Å²) in [5.41, 5.74) is -2.33. The van der Waals surface area contributed by atoms with Gasteiger partial charge in [-0.1, -0.05) is 0 Å². The molecule has 0 aromatic carbocycles. The van der Waals surface area contributed by atoms with Gasteiger partial charge in [-0.25, -0.2) is 0 Å². The van der Waals surface area contributed by atoms with Gasteiger partial charge < -0.3 is 15.7 Å². The monoisotopic (exact) mass is 404 g/mol.